The van der Waals surface area contributed by atoms with Gasteiger partial charge in [0.25, 0.3) is 0 Å². The Balaban J connectivity index is 2.31. The zero-order valence-electron chi connectivity index (χ0n) is 6.94. The first kappa shape index (κ1) is 7.86. The van der Waals surface area contributed by atoms with Gasteiger partial charge in [-0.05, 0) is 17.7 Å². The van der Waals surface area contributed by atoms with E-state index in [0.717, 1.165) is 5.57 Å². The van der Waals surface area contributed by atoms with E-state index in [1.165, 1.54) is 0 Å². The van der Waals surface area contributed by atoms with Crippen LogP contribution >= 0.6 is 0 Å². The summed E-state index contributed by atoms with van der Waals surface area (Å²) in [6, 6.07) is 0. The van der Waals surface area contributed by atoms with Gasteiger partial charge in [0.15, 0.2) is 0 Å². The minimum Gasteiger partial charge on any atom is -0.473 e. The SMILES string of the molecule is NC(=O)C1=CC2C=COC=C2C=C1. The number of carbonyl (C=O) groups excluding carboxylic acids is 1. The summed E-state index contributed by atoms with van der Waals surface area (Å²) in [7, 11) is 0. The van der Waals surface area contributed by atoms with Gasteiger partial charge in [0.1, 0.15) is 0 Å². The highest BCUT2D eigenvalue weighted by molar-refractivity contribution is 5.95. The predicted octanol–water partition coefficient (Wildman–Crippen LogP) is 1.01. The lowest BCUT2D eigenvalue weighted by molar-refractivity contribution is -0.114. The number of primary amides is 1. The highest BCUT2D eigenvalue weighted by atomic mass is 16.5. The molecule has 0 aromatic heterocycles. The van der Waals surface area contributed by atoms with E-state index in [-0.39, 0.29) is 5.92 Å². The third-order valence-corrected chi connectivity index (χ3v) is 2.05. The summed E-state index contributed by atoms with van der Waals surface area (Å²) in [5.74, 6) is -0.267. The van der Waals surface area contributed by atoms with Crippen LogP contribution in [0.3, 0.4) is 0 Å². The molecule has 1 unspecified atom stereocenters. The molecule has 0 aromatic rings. The third kappa shape index (κ3) is 1.40. The predicted molar refractivity (Wildman–Crippen MR) is 48.2 cm³/mol. The summed E-state index contributed by atoms with van der Waals surface area (Å²) in [6.45, 7) is 0. The zero-order valence-corrected chi connectivity index (χ0v) is 6.94. The molecule has 1 aliphatic carbocycles. The Morgan fingerprint density at radius 3 is 3.08 bits per heavy atom. The van der Waals surface area contributed by atoms with E-state index in [1.54, 1.807) is 18.6 Å². The van der Waals surface area contributed by atoms with Crippen molar-refractivity contribution in [3.63, 3.8) is 0 Å². The average molecular weight is 175 g/mol. The highest BCUT2D eigenvalue weighted by Gasteiger charge is 2.16. The van der Waals surface area contributed by atoms with Crippen LogP contribution in [0.5, 0.6) is 0 Å². The molecule has 0 aromatic carbocycles. The van der Waals surface area contributed by atoms with Crippen LogP contribution in [0.1, 0.15) is 0 Å². The number of hydrogen-bond donors (Lipinski definition) is 1. The maximum absolute atomic E-state index is 10.9. The van der Waals surface area contributed by atoms with Crippen molar-refractivity contribution >= 4 is 5.91 Å². The first-order valence-electron chi connectivity index (χ1n) is 3.99. The Bertz CT molecular complexity index is 361. The quantitative estimate of drug-likeness (QED) is 0.646. The van der Waals surface area contributed by atoms with Crippen molar-refractivity contribution in [3.8, 4) is 0 Å². The summed E-state index contributed by atoms with van der Waals surface area (Å²) in [4.78, 5) is 10.9. The molecule has 0 bridgehead atoms. The molecule has 0 saturated heterocycles. The van der Waals surface area contributed by atoms with E-state index >= 15 is 0 Å². The molecule has 2 N–H and O–H groups in total. The van der Waals surface area contributed by atoms with Crippen LogP contribution in [-0.2, 0) is 9.53 Å². The van der Waals surface area contributed by atoms with Crippen molar-refractivity contribution < 1.29 is 9.53 Å². The summed E-state index contributed by atoms with van der Waals surface area (Å²) in [5.41, 5.74) is 6.74. The maximum atomic E-state index is 10.9. The van der Waals surface area contributed by atoms with E-state index < -0.39 is 5.91 Å². The average Bonchev–Trinajstić information content (AvgIpc) is 2.17. The van der Waals surface area contributed by atoms with Crippen LogP contribution in [0.25, 0.3) is 0 Å². The third-order valence-electron chi connectivity index (χ3n) is 2.05. The molecule has 2 rings (SSSR count). The number of nitrogens with two attached hydrogens (primary N) is 1. The molecule has 0 radical (unpaired) electrons. The molecule has 66 valence electrons. The van der Waals surface area contributed by atoms with E-state index in [0.29, 0.717) is 5.57 Å². The van der Waals surface area contributed by atoms with Crippen molar-refractivity contribution in [3.05, 3.63) is 48.0 Å². The van der Waals surface area contributed by atoms with E-state index in [1.807, 2.05) is 18.2 Å². The van der Waals surface area contributed by atoms with Gasteiger partial charge in [-0.1, -0.05) is 12.2 Å². The standard InChI is InChI=1S/C10H9NO2/c11-10(12)8-1-2-9-6-13-4-3-7(9)5-8/h1-7H,(H2,11,12). The van der Waals surface area contributed by atoms with Crippen molar-refractivity contribution in [1.82, 2.24) is 0 Å². The molecule has 0 spiro atoms. The number of carbonyl (C=O) groups is 1. The van der Waals surface area contributed by atoms with Crippen LogP contribution in [0, 0.1) is 5.92 Å². The molecule has 1 amide bonds. The molecule has 0 saturated carbocycles. The van der Waals surface area contributed by atoms with E-state index in [4.69, 9.17) is 10.5 Å². The molecule has 2 aliphatic rings. The molecule has 1 heterocycles. The van der Waals surface area contributed by atoms with Crippen molar-refractivity contribution in [2.24, 2.45) is 11.7 Å². The van der Waals surface area contributed by atoms with Crippen molar-refractivity contribution in [2.45, 2.75) is 0 Å². The number of hydrogen-bond acceptors (Lipinski definition) is 2. The fourth-order valence-electron chi connectivity index (χ4n) is 1.34. The fourth-order valence-corrected chi connectivity index (χ4v) is 1.34. The fraction of sp³-hybridized carbons (Fsp3) is 0.100. The Morgan fingerprint density at radius 2 is 2.31 bits per heavy atom. The molecule has 1 aliphatic heterocycles. The van der Waals surface area contributed by atoms with Crippen LogP contribution in [0.2, 0.25) is 0 Å². The number of rotatable bonds is 1. The first-order valence-corrected chi connectivity index (χ1v) is 3.99. The lowest BCUT2D eigenvalue weighted by Crippen LogP contribution is -2.16. The Morgan fingerprint density at radius 1 is 1.46 bits per heavy atom. The minimum absolute atomic E-state index is 0.126. The zero-order chi connectivity index (χ0) is 9.26. The summed E-state index contributed by atoms with van der Waals surface area (Å²) in [5, 5.41) is 0. The summed E-state index contributed by atoms with van der Waals surface area (Å²) >= 11 is 0. The lowest BCUT2D eigenvalue weighted by atomic mass is 9.91. The molecular formula is C10H9NO2. The van der Waals surface area contributed by atoms with Gasteiger partial charge in [-0.25, -0.2) is 0 Å². The summed E-state index contributed by atoms with van der Waals surface area (Å²) < 4.78 is 5.00. The number of fused-ring (bicyclic) bond motifs is 1. The lowest BCUT2D eigenvalue weighted by Gasteiger charge is -2.17. The number of amides is 1. The van der Waals surface area contributed by atoms with Gasteiger partial charge in [0.05, 0.1) is 12.5 Å². The van der Waals surface area contributed by atoms with Gasteiger partial charge in [-0.15, -0.1) is 0 Å². The molecule has 3 heteroatoms. The monoisotopic (exact) mass is 175 g/mol. The normalized spacial score (nSPS) is 24.2. The van der Waals surface area contributed by atoms with Gasteiger partial charge in [-0.2, -0.15) is 0 Å². The van der Waals surface area contributed by atoms with Crippen LogP contribution in [0.15, 0.2) is 48.0 Å². The highest BCUT2D eigenvalue weighted by Crippen LogP contribution is 2.25. The van der Waals surface area contributed by atoms with Crippen molar-refractivity contribution in [2.75, 3.05) is 0 Å². The molecule has 1 atom stereocenters. The second-order valence-corrected chi connectivity index (χ2v) is 2.93. The van der Waals surface area contributed by atoms with Gasteiger partial charge < -0.3 is 10.5 Å². The van der Waals surface area contributed by atoms with Crippen LogP contribution < -0.4 is 5.73 Å². The van der Waals surface area contributed by atoms with Gasteiger partial charge in [-0.3, -0.25) is 4.79 Å². The Kier molecular flexibility index (Phi) is 1.77. The molecule has 3 nitrogen and oxygen atoms in total. The molecule has 0 fully saturated rings. The van der Waals surface area contributed by atoms with E-state index in [2.05, 4.69) is 0 Å². The number of ether oxygens (including phenoxy) is 1. The second-order valence-electron chi connectivity index (χ2n) is 2.93. The minimum atomic E-state index is -0.393. The molecule has 13 heavy (non-hydrogen) atoms. The Labute approximate surface area is 75.9 Å². The Hall–Kier alpha value is -1.77. The maximum Gasteiger partial charge on any atom is 0.248 e. The van der Waals surface area contributed by atoms with Crippen molar-refractivity contribution in [1.29, 1.82) is 0 Å². The van der Waals surface area contributed by atoms with Crippen LogP contribution in [-0.4, -0.2) is 5.91 Å². The largest absolute Gasteiger partial charge is 0.473 e. The van der Waals surface area contributed by atoms with E-state index in [9.17, 15) is 4.79 Å². The summed E-state index contributed by atoms with van der Waals surface area (Å²) in [6.07, 6.45) is 10.5. The topological polar surface area (TPSA) is 52.3 Å². The second kappa shape index (κ2) is 2.94. The smallest absolute Gasteiger partial charge is 0.248 e. The van der Waals surface area contributed by atoms with Gasteiger partial charge >= 0.3 is 0 Å². The van der Waals surface area contributed by atoms with Gasteiger partial charge in [0.2, 0.25) is 5.91 Å². The first-order chi connectivity index (χ1) is 6.27. The number of allylic oxidation sites excluding steroid dienone is 4. The molecular weight excluding hydrogens is 166 g/mol. The van der Waals surface area contributed by atoms with Crippen LogP contribution in [0.4, 0.5) is 0 Å². The van der Waals surface area contributed by atoms with Gasteiger partial charge in [0, 0.05) is 11.5 Å².